The highest BCUT2D eigenvalue weighted by atomic mass is 16.6. The van der Waals surface area contributed by atoms with Crippen LogP contribution in [0.4, 0.5) is 0 Å². The Labute approximate surface area is 117 Å². The molecular formula is C16H16O4. The second-order valence-electron chi connectivity index (χ2n) is 4.86. The van der Waals surface area contributed by atoms with Gasteiger partial charge in [-0.3, -0.25) is 4.79 Å². The summed E-state index contributed by atoms with van der Waals surface area (Å²) in [5.74, 6) is 1.06. The predicted molar refractivity (Wildman–Crippen MR) is 75.3 cm³/mol. The molecule has 4 nitrogen and oxygen atoms in total. The lowest BCUT2D eigenvalue weighted by Gasteiger charge is -2.13. The summed E-state index contributed by atoms with van der Waals surface area (Å²) in [4.78, 5) is 11.4. The molecule has 1 aliphatic rings. The first kappa shape index (κ1) is 12.9. The van der Waals surface area contributed by atoms with Gasteiger partial charge >= 0.3 is 5.97 Å². The summed E-state index contributed by atoms with van der Waals surface area (Å²) in [6.45, 7) is 2.19. The molecule has 0 bridgehead atoms. The molecule has 1 fully saturated rings. The largest absolute Gasteiger partial charge is 0.496 e. The number of ether oxygens (including phenoxy) is 3. The molecule has 1 unspecified atom stereocenters. The molecule has 0 aliphatic carbocycles. The molecule has 0 radical (unpaired) electrons. The minimum absolute atomic E-state index is 0.243. The standard InChI is InChI=1S/C16H16O4/c1-10(17)20-16-11(8-12-9-19-12)6-7-13-14(16)4-3-5-15(13)18-2/h3-7,12H,8-9H2,1-2H3. The van der Waals surface area contributed by atoms with Gasteiger partial charge < -0.3 is 14.2 Å². The van der Waals surface area contributed by atoms with Crippen LogP contribution in [0.25, 0.3) is 10.8 Å². The first-order valence-electron chi connectivity index (χ1n) is 6.57. The van der Waals surface area contributed by atoms with Gasteiger partial charge in [-0.1, -0.05) is 24.3 Å². The second-order valence-corrected chi connectivity index (χ2v) is 4.86. The Morgan fingerprint density at radius 1 is 1.30 bits per heavy atom. The number of fused-ring (bicyclic) bond motifs is 1. The number of carbonyl (C=O) groups is 1. The van der Waals surface area contributed by atoms with Crippen LogP contribution in [0.15, 0.2) is 30.3 Å². The van der Waals surface area contributed by atoms with E-state index in [1.165, 1.54) is 6.92 Å². The Hall–Kier alpha value is -2.07. The van der Waals surface area contributed by atoms with Crippen LogP contribution in [0.1, 0.15) is 12.5 Å². The van der Waals surface area contributed by atoms with Crippen LogP contribution < -0.4 is 9.47 Å². The zero-order valence-electron chi connectivity index (χ0n) is 11.5. The van der Waals surface area contributed by atoms with E-state index < -0.39 is 0 Å². The van der Waals surface area contributed by atoms with E-state index in [2.05, 4.69) is 0 Å². The van der Waals surface area contributed by atoms with Crippen LogP contribution in [-0.2, 0) is 16.0 Å². The average molecular weight is 272 g/mol. The molecule has 1 saturated heterocycles. The lowest BCUT2D eigenvalue weighted by Crippen LogP contribution is -2.06. The minimum Gasteiger partial charge on any atom is -0.496 e. The fraction of sp³-hybridized carbons (Fsp3) is 0.312. The lowest BCUT2D eigenvalue weighted by molar-refractivity contribution is -0.131. The number of rotatable bonds is 4. The van der Waals surface area contributed by atoms with E-state index >= 15 is 0 Å². The Bertz CT molecular complexity index is 659. The Balaban J connectivity index is 2.15. The molecule has 3 rings (SSSR count). The Kier molecular flexibility index (Phi) is 3.32. The minimum atomic E-state index is -0.321. The van der Waals surface area contributed by atoms with E-state index in [1.807, 2.05) is 30.3 Å². The monoisotopic (exact) mass is 272 g/mol. The smallest absolute Gasteiger partial charge is 0.308 e. The number of epoxide rings is 1. The summed E-state index contributed by atoms with van der Waals surface area (Å²) in [6, 6.07) is 9.70. The van der Waals surface area contributed by atoms with E-state index in [0.29, 0.717) is 5.75 Å². The van der Waals surface area contributed by atoms with Gasteiger partial charge in [0, 0.05) is 24.1 Å². The van der Waals surface area contributed by atoms with Crippen molar-refractivity contribution in [2.45, 2.75) is 19.4 Å². The zero-order chi connectivity index (χ0) is 14.1. The summed E-state index contributed by atoms with van der Waals surface area (Å²) in [5.41, 5.74) is 0.989. The Morgan fingerprint density at radius 2 is 2.10 bits per heavy atom. The van der Waals surface area contributed by atoms with E-state index in [4.69, 9.17) is 14.2 Å². The first-order valence-corrected chi connectivity index (χ1v) is 6.57. The molecule has 0 spiro atoms. The lowest BCUT2D eigenvalue weighted by atomic mass is 10.0. The van der Waals surface area contributed by atoms with Crippen molar-refractivity contribution < 1.29 is 19.0 Å². The van der Waals surface area contributed by atoms with Crippen LogP contribution in [0.2, 0.25) is 0 Å². The molecule has 0 saturated carbocycles. The molecule has 20 heavy (non-hydrogen) atoms. The predicted octanol–water partition coefficient (Wildman–Crippen LogP) is 2.72. The number of hydrogen-bond acceptors (Lipinski definition) is 4. The number of hydrogen-bond donors (Lipinski definition) is 0. The molecule has 0 amide bonds. The molecule has 2 aromatic carbocycles. The number of methoxy groups -OCH3 is 1. The topological polar surface area (TPSA) is 48.1 Å². The van der Waals surface area contributed by atoms with Gasteiger partial charge in [0.05, 0.1) is 19.8 Å². The third-order valence-corrected chi connectivity index (χ3v) is 3.37. The van der Waals surface area contributed by atoms with Crippen molar-refractivity contribution in [1.29, 1.82) is 0 Å². The summed E-state index contributed by atoms with van der Waals surface area (Å²) in [5, 5.41) is 1.82. The van der Waals surface area contributed by atoms with E-state index in [0.717, 1.165) is 35.1 Å². The highest BCUT2D eigenvalue weighted by Gasteiger charge is 2.25. The molecule has 4 heteroatoms. The van der Waals surface area contributed by atoms with Crippen molar-refractivity contribution in [3.63, 3.8) is 0 Å². The molecular weight excluding hydrogens is 256 g/mol. The summed E-state index contributed by atoms with van der Waals surface area (Å²) >= 11 is 0. The molecule has 0 aromatic heterocycles. The normalized spacial score (nSPS) is 17.0. The van der Waals surface area contributed by atoms with E-state index in [-0.39, 0.29) is 12.1 Å². The molecule has 1 aliphatic heterocycles. The maximum atomic E-state index is 11.4. The van der Waals surface area contributed by atoms with Gasteiger partial charge in [-0.2, -0.15) is 0 Å². The molecule has 1 atom stereocenters. The SMILES string of the molecule is COc1cccc2c(OC(C)=O)c(CC3CO3)ccc12. The van der Waals surface area contributed by atoms with Gasteiger partial charge in [0.25, 0.3) is 0 Å². The Morgan fingerprint density at radius 3 is 2.75 bits per heavy atom. The van der Waals surface area contributed by atoms with E-state index in [1.54, 1.807) is 7.11 Å². The van der Waals surface area contributed by atoms with Gasteiger partial charge in [-0.15, -0.1) is 0 Å². The number of esters is 1. The van der Waals surface area contributed by atoms with Crippen LogP contribution >= 0.6 is 0 Å². The number of carbonyl (C=O) groups excluding carboxylic acids is 1. The van der Waals surface area contributed by atoms with Crippen molar-refractivity contribution in [2.24, 2.45) is 0 Å². The maximum Gasteiger partial charge on any atom is 0.308 e. The third-order valence-electron chi connectivity index (χ3n) is 3.37. The highest BCUT2D eigenvalue weighted by Crippen LogP contribution is 2.36. The first-order chi connectivity index (χ1) is 9.69. The van der Waals surface area contributed by atoms with Gasteiger partial charge in [0.1, 0.15) is 11.5 Å². The van der Waals surface area contributed by atoms with Crippen LogP contribution in [0, 0.1) is 0 Å². The van der Waals surface area contributed by atoms with E-state index in [9.17, 15) is 4.79 Å². The van der Waals surface area contributed by atoms with Gasteiger partial charge in [-0.05, 0) is 11.6 Å². The number of benzene rings is 2. The summed E-state index contributed by atoms with van der Waals surface area (Å²) in [7, 11) is 1.63. The van der Waals surface area contributed by atoms with Gasteiger partial charge in [0.2, 0.25) is 0 Å². The van der Waals surface area contributed by atoms with Crippen molar-refractivity contribution in [2.75, 3.05) is 13.7 Å². The van der Waals surface area contributed by atoms with Crippen LogP contribution in [0.5, 0.6) is 11.5 Å². The van der Waals surface area contributed by atoms with Crippen LogP contribution in [-0.4, -0.2) is 25.8 Å². The molecule has 104 valence electrons. The third kappa shape index (κ3) is 2.47. The average Bonchev–Trinajstić information content (AvgIpc) is 3.24. The fourth-order valence-electron chi connectivity index (χ4n) is 2.38. The molecule has 1 heterocycles. The zero-order valence-corrected chi connectivity index (χ0v) is 11.5. The molecule has 0 N–H and O–H groups in total. The van der Waals surface area contributed by atoms with Crippen molar-refractivity contribution >= 4 is 16.7 Å². The molecule has 2 aromatic rings. The highest BCUT2D eigenvalue weighted by molar-refractivity contribution is 5.95. The quantitative estimate of drug-likeness (QED) is 0.488. The van der Waals surface area contributed by atoms with Gasteiger partial charge in [0.15, 0.2) is 0 Å². The maximum absolute atomic E-state index is 11.4. The van der Waals surface area contributed by atoms with Crippen molar-refractivity contribution in [3.8, 4) is 11.5 Å². The second kappa shape index (κ2) is 5.13. The van der Waals surface area contributed by atoms with Crippen LogP contribution in [0.3, 0.4) is 0 Å². The summed E-state index contributed by atoms with van der Waals surface area (Å²) < 4.78 is 16.1. The fourth-order valence-corrected chi connectivity index (χ4v) is 2.38. The summed E-state index contributed by atoms with van der Waals surface area (Å²) in [6.07, 6.45) is 1.00. The van der Waals surface area contributed by atoms with Crippen molar-refractivity contribution in [1.82, 2.24) is 0 Å². The van der Waals surface area contributed by atoms with Crippen molar-refractivity contribution in [3.05, 3.63) is 35.9 Å². The van der Waals surface area contributed by atoms with Gasteiger partial charge in [-0.25, -0.2) is 0 Å².